The van der Waals surface area contributed by atoms with Gasteiger partial charge in [-0.05, 0) is 36.1 Å². The van der Waals surface area contributed by atoms with Crippen LogP contribution in [0.3, 0.4) is 0 Å². The van der Waals surface area contributed by atoms with Crippen LogP contribution in [-0.2, 0) is 0 Å². The molecule has 0 amide bonds. The summed E-state index contributed by atoms with van der Waals surface area (Å²) in [7, 11) is 0. The number of aryl methyl sites for hydroxylation is 1. The van der Waals surface area contributed by atoms with Crippen molar-refractivity contribution < 1.29 is 4.79 Å². The van der Waals surface area contributed by atoms with Crippen LogP contribution in [0.15, 0.2) is 66.7 Å². The molecule has 114 valence electrons. The Morgan fingerprint density at radius 1 is 0.958 bits per heavy atom. The number of carbonyl (C=O) groups is 1. The van der Waals surface area contributed by atoms with E-state index in [2.05, 4.69) is 6.07 Å². The van der Waals surface area contributed by atoms with E-state index in [-0.39, 0.29) is 5.78 Å². The molecule has 0 aliphatic carbocycles. The van der Waals surface area contributed by atoms with E-state index in [1.54, 1.807) is 18.2 Å². The molecule has 0 spiro atoms. The minimum atomic E-state index is -0.0823. The van der Waals surface area contributed by atoms with Crippen molar-refractivity contribution in [1.82, 2.24) is 4.40 Å². The SMILES string of the molecule is Cc1ccc2ccc3c(C#N)cc(C(=O)c4ccccc4)n3c2c1. The van der Waals surface area contributed by atoms with Crippen LogP contribution >= 0.6 is 0 Å². The molecule has 2 aromatic heterocycles. The van der Waals surface area contributed by atoms with Crippen molar-refractivity contribution >= 4 is 22.2 Å². The number of benzene rings is 2. The summed E-state index contributed by atoms with van der Waals surface area (Å²) in [6.45, 7) is 2.02. The molecule has 0 N–H and O–H groups in total. The monoisotopic (exact) mass is 310 g/mol. The minimum absolute atomic E-state index is 0.0823. The van der Waals surface area contributed by atoms with E-state index in [1.807, 2.05) is 59.9 Å². The van der Waals surface area contributed by atoms with E-state index in [0.29, 0.717) is 16.8 Å². The Balaban J connectivity index is 2.10. The van der Waals surface area contributed by atoms with E-state index < -0.39 is 0 Å². The molecular formula is C21H14N2O. The van der Waals surface area contributed by atoms with Gasteiger partial charge in [0, 0.05) is 5.56 Å². The Bertz CT molecular complexity index is 1130. The maximum Gasteiger partial charge on any atom is 0.209 e. The highest BCUT2D eigenvalue weighted by Gasteiger charge is 2.18. The fourth-order valence-electron chi connectivity index (χ4n) is 3.10. The molecule has 0 aliphatic heterocycles. The van der Waals surface area contributed by atoms with Crippen LogP contribution in [0.1, 0.15) is 27.2 Å². The molecule has 0 radical (unpaired) electrons. The molecule has 0 aliphatic rings. The summed E-state index contributed by atoms with van der Waals surface area (Å²) >= 11 is 0. The van der Waals surface area contributed by atoms with Gasteiger partial charge in [-0.25, -0.2) is 0 Å². The van der Waals surface area contributed by atoms with Crippen molar-refractivity contribution in [2.45, 2.75) is 6.92 Å². The second-order valence-electron chi connectivity index (χ2n) is 5.87. The molecule has 0 saturated carbocycles. The van der Waals surface area contributed by atoms with Gasteiger partial charge in [0.05, 0.1) is 22.3 Å². The van der Waals surface area contributed by atoms with Crippen LogP contribution < -0.4 is 0 Å². The Labute approximate surface area is 139 Å². The van der Waals surface area contributed by atoms with Crippen LogP contribution in [-0.4, -0.2) is 10.2 Å². The topological polar surface area (TPSA) is 45.3 Å². The standard InChI is InChI=1S/C21H14N2O/c1-14-7-8-15-9-10-18-17(13-22)12-20(23(18)19(15)11-14)21(24)16-5-3-2-4-6-16/h2-12H,1H3. The maximum absolute atomic E-state index is 13.0. The lowest BCUT2D eigenvalue weighted by molar-refractivity contribution is 0.103. The molecule has 24 heavy (non-hydrogen) atoms. The van der Waals surface area contributed by atoms with Gasteiger partial charge in [0.15, 0.2) is 0 Å². The number of rotatable bonds is 2. The molecule has 4 aromatic rings. The van der Waals surface area contributed by atoms with Gasteiger partial charge >= 0.3 is 0 Å². The highest BCUT2D eigenvalue weighted by Crippen LogP contribution is 2.26. The van der Waals surface area contributed by atoms with Crippen LogP contribution in [0.4, 0.5) is 0 Å². The van der Waals surface area contributed by atoms with E-state index in [4.69, 9.17) is 0 Å². The number of fused-ring (bicyclic) bond motifs is 3. The predicted molar refractivity (Wildman–Crippen MR) is 94.2 cm³/mol. The van der Waals surface area contributed by atoms with E-state index in [0.717, 1.165) is 22.0 Å². The first-order chi connectivity index (χ1) is 11.7. The first-order valence-electron chi connectivity index (χ1n) is 7.74. The van der Waals surface area contributed by atoms with Gasteiger partial charge in [-0.1, -0.05) is 48.5 Å². The van der Waals surface area contributed by atoms with Gasteiger partial charge in [-0.3, -0.25) is 4.79 Å². The second kappa shape index (κ2) is 5.36. The molecule has 0 unspecified atom stereocenters. The smallest absolute Gasteiger partial charge is 0.209 e. The number of hydrogen-bond acceptors (Lipinski definition) is 2. The fourth-order valence-corrected chi connectivity index (χ4v) is 3.10. The second-order valence-corrected chi connectivity index (χ2v) is 5.87. The molecule has 0 bridgehead atoms. The normalized spacial score (nSPS) is 10.8. The third-order valence-electron chi connectivity index (χ3n) is 4.28. The van der Waals surface area contributed by atoms with Crippen molar-refractivity contribution in [3.8, 4) is 6.07 Å². The molecule has 4 rings (SSSR count). The molecule has 2 aromatic carbocycles. The third-order valence-corrected chi connectivity index (χ3v) is 4.28. The molecule has 3 nitrogen and oxygen atoms in total. The lowest BCUT2D eigenvalue weighted by atomic mass is 10.1. The molecule has 0 atom stereocenters. The zero-order chi connectivity index (χ0) is 16.7. The van der Waals surface area contributed by atoms with Crippen LogP contribution in [0.5, 0.6) is 0 Å². The number of nitriles is 1. The molecule has 0 saturated heterocycles. The summed E-state index contributed by atoms with van der Waals surface area (Å²) in [5.74, 6) is -0.0823. The quantitative estimate of drug-likeness (QED) is 0.512. The highest BCUT2D eigenvalue weighted by atomic mass is 16.1. The lowest BCUT2D eigenvalue weighted by Crippen LogP contribution is -2.05. The van der Waals surface area contributed by atoms with Gasteiger partial charge < -0.3 is 4.40 Å². The Morgan fingerprint density at radius 3 is 2.46 bits per heavy atom. The number of aromatic nitrogens is 1. The minimum Gasteiger partial charge on any atom is -0.305 e. The third kappa shape index (κ3) is 2.09. The first kappa shape index (κ1) is 14.2. The van der Waals surface area contributed by atoms with E-state index in [9.17, 15) is 10.1 Å². The first-order valence-corrected chi connectivity index (χ1v) is 7.74. The predicted octanol–water partition coefficient (Wildman–Crippen LogP) is 4.50. The average Bonchev–Trinajstić information content (AvgIpc) is 3.01. The molecule has 2 heterocycles. The van der Waals surface area contributed by atoms with Crippen molar-refractivity contribution in [1.29, 1.82) is 5.26 Å². The van der Waals surface area contributed by atoms with Crippen LogP contribution in [0, 0.1) is 18.3 Å². The zero-order valence-electron chi connectivity index (χ0n) is 13.2. The summed E-state index contributed by atoms with van der Waals surface area (Å²) in [5, 5.41) is 10.5. The van der Waals surface area contributed by atoms with Crippen LogP contribution in [0.2, 0.25) is 0 Å². The average molecular weight is 310 g/mol. The van der Waals surface area contributed by atoms with Crippen molar-refractivity contribution in [2.24, 2.45) is 0 Å². The fraction of sp³-hybridized carbons (Fsp3) is 0.0476. The summed E-state index contributed by atoms with van der Waals surface area (Å²) < 4.78 is 1.90. The maximum atomic E-state index is 13.0. The van der Waals surface area contributed by atoms with Gasteiger partial charge in [-0.15, -0.1) is 0 Å². The Morgan fingerprint density at radius 2 is 1.71 bits per heavy atom. The summed E-state index contributed by atoms with van der Waals surface area (Å²) in [6.07, 6.45) is 0. The van der Waals surface area contributed by atoms with Gasteiger partial charge in [0.25, 0.3) is 0 Å². The number of carbonyl (C=O) groups excluding carboxylic acids is 1. The zero-order valence-corrected chi connectivity index (χ0v) is 13.2. The summed E-state index contributed by atoms with van der Waals surface area (Å²) in [6, 6.07) is 23.1. The Kier molecular flexibility index (Phi) is 3.18. The molecule has 3 heteroatoms. The van der Waals surface area contributed by atoms with Gasteiger partial charge in [0.2, 0.25) is 5.78 Å². The largest absolute Gasteiger partial charge is 0.305 e. The lowest BCUT2D eigenvalue weighted by Gasteiger charge is -2.08. The number of nitrogens with zero attached hydrogens (tertiary/aromatic N) is 2. The van der Waals surface area contributed by atoms with Crippen molar-refractivity contribution in [3.05, 3.63) is 89.1 Å². The Hall–Kier alpha value is -3.38. The van der Waals surface area contributed by atoms with E-state index in [1.165, 1.54) is 0 Å². The number of pyridine rings is 1. The van der Waals surface area contributed by atoms with Crippen LogP contribution in [0.25, 0.3) is 16.4 Å². The van der Waals surface area contributed by atoms with Gasteiger partial charge in [0.1, 0.15) is 6.07 Å². The molecular weight excluding hydrogens is 296 g/mol. The van der Waals surface area contributed by atoms with Gasteiger partial charge in [-0.2, -0.15) is 5.26 Å². The molecule has 0 fully saturated rings. The van der Waals surface area contributed by atoms with E-state index >= 15 is 0 Å². The number of hydrogen-bond donors (Lipinski definition) is 0. The summed E-state index contributed by atoms with van der Waals surface area (Å²) in [4.78, 5) is 13.0. The van der Waals surface area contributed by atoms with Crippen molar-refractivity contribution in [2.75, 3.05) is 0 Å². The highest BCUT2D eigenvalue weighted by molar-refractivity contribution is 6.10. The van der Waals surface area contributed by atoms with Crippen molar-refractivity contribution in [3.63, 3.8) is 0 Å². The number of ketones is 1. The summed E-state index contributed by atoms with van der Waals surface area (Å²) in [5.41, 5.74) is 4.45.